The summed E-state index contributed by atoms with van der Waals surface area (Å²) in [5.41, 5.74) is 9.38. The Morgan fingerprint density at radius 1 is 0.488 bits per heavy atom. The van der Waals surface area contributed by atoms with Crippen LogP contribution in [-0.2, 0) is 4.74 Å². The molecular formula is C68H92ClN13O4. The number of hydrogen-bond donors (Lipinski definition) is 4. The van der Waals surface area contributed by atoms with Crippen LogP contribution in [0.2, 0.25) is 5.15 Å². The van der Waals surface area contributed by atoms with E-state index in [1.165, 1.54) is 0 Å². The fourth-order valence-electron chi connectivity index (χ4n) is 6.19. The van der Waals surface area contributed by atoms with Crippen molar-refractivity contribution in [1.29, 1.82) is 0 Å². The SMILES string of the molecule is C.C.C.CC(C)(C)N.[C-]#[N+]c1cccc(C(O)CCC(C)(C)C)n1.[C-]#[N+]c1cccc(C2CO2)n1.[C-]#[N+]c1cccc(C=C)n1.[C-]#[N+]c1cccc(Cl)n1.[C-]#[N+]c1cccc([C@@H](O)CCC(C)(C)C)n1.[C-]#[N+]c1cccc([C@H](O)CCC(C)(C)C)n1. The lowest BCUT2D eigenvalue weighted by molar-refractivity contribution is 0.143. The van der Waals surface area contributed by atoms with Crippen molar-refractivity contribution >= 4 is 52.6 Å². The molecule has 1 aliphatic heterocycles. The molecule has 460 valence electrons. The number of aromatic nitrogens is 6. The van der Waals surface area contributed by atoms with Crippen LogP contribution in [0.1, 0.15) is 197 Å². The number of nitrogens with zero attached hydrogens (tertiary/aromatic N) is 12. The van der Waals surface area contributed by atoms with Crippen molar-refractivity contribution in [2.45, 2.75) is 174 Å². The number of aliphatic hydroxyl groups is 3. The second-order valence-corrected chi connectivity index (χ2v) is 23.7. The summed E-state index contributed by atoms with van der Waals surface area (Å²) in [6.45, 7) is 70.0. The molecule has 6 aromatic heterocycles. The second kappa shape index (κ2) is 41.6. The van der Waals surface area contributed by atoms with E-state index in [9.17, 15) is 15.3 Å². The van der Waals surface area contributed by atoms with Crippen LogP contribution in [0.3, 0.4) is 0 Å². The molecule has 1 fully saturated rings. The summed E-state index contributed by atoms with van der Waals surface area (Å²) in [6, 6.07) is 31.1. The van der Waals surface area contributed by atoms with Crippen LogP contribution in [-0.4, -0.2) is 57.4 Å². The first-order valence-corrected chi connectivity index (χ1v) is 27.0. The summed E-state index contributed by atoms with van der Waals surface area (Å²) in [5, 5.41) is 30.2. The van der Waals surface area contributed by atoms with Crippen LogP contribution >= 0.6 is 11.6 Å². The Balaban J connectivity index is -0.000000949. The lowest BCUT2D eigenvalue weighted by Gasteiger charge is -2.19. The van der Waals surface area contributed by atoms with E-state index >= 15 is 0 Å². The summed E-state index contributed by atoms with van der Waals surface area (Å²) in [5.74, 6) is 2.21. The van der Waals surface area contributed by atoms with Crippen molar-refractivity contribution in [3.8, 4) is 0 Å². The maximum Gasteiger partial charge on any atom is 0.271 e. The van der Waals surface area contributed by atoms with E-state index in [0.29, 0.717) is 76.4 Å². The van der Waals surface area contributed by atoms with E-state index in [1.54, 1.807) is 97.1 Å². The summed E-state index contributed by atoms with van der Waals surface area (Å²) in [4.78, 5) is 43.2. The van der Waals surface area contributed by atoms with E-state index in [2.05, 4.69) is 128 Å². The molecule has 6 aromatic rings. The van der Waals surface area contributed by atoms with Crippen LogP contribution in [0.4, 0.5) is 34.9 Å². The molecule has 4 atom stereocenters. The number of halogens is 1. The molecule has 18 heteroatoms. The van der Waals surface area contributed by atoms with Gasteiger partial charge in [-0.2, -0.15) is 0 Å². The van der Waals surface area contributed by atoms with Crippen LogP contribution in [0.25, 0.3) is 35.1 Å². The zero-order chi connectivity index (χ0) is 62.8. The summed E-state index contributed by atoms with van der Waals surface area (Å²) in [6.07, 6.45) is 4.89. The van der Waals surface area contributed by atoms with Gasteiger partial charge in [0.2, 0.25) is 5.15 Å². The smallest absolute Gasteiger partial charge is 0.271 e. The highest BCUT2D eigenvalue weighted by Gasteiger charge is 2.29. The van der Waals surface area contributed by atoms with Gasteiger partial charge in [-0.3, -0.25) is 0 Å². The van der Waals surface area contributed by atoms with Gasteiger partial charge in [-0.1, -0.05) is 167 Å². The average molecular weight is 1190 g/mol. The third kappa shape index (κ3) is 40.0. The highest BCUT2D eigenvalue weighted by Crippen LogP contribution is 2.31. The predicted octanol–water partition coefficient (Wildman–Crippen LogP) is 19.4. The van der Waals surface area contributed by atoms with Gasteiger partial charge in [0.25, 0.3) is 34.9 Å². The van der Waals surface area contributed by atoms with E-state index < -0.39 is 18.3 Å². The Hall–Kier alpha value is -8.33. The number of rotatable bonds is 11. The van der Waals surface area contributed by atoms with Crippen molar-refractivity contribution < 1.29 is 20.1 Å². The maximum absolute atomic E-state index is 9.94. The van der Waals surface area contributed by atoms with Crippen molar-refractivity contribution in [1.82, 2.24) is 29.9 Å². The number of pyridine rings is 6. The standard InChI is InChI=1S/3C13H18N2O.C8H6N2O.C8H6N2.C6H3ClN2.C4H11N.3CH4/c3*1-13(2,3)9-8-11(16)10-6-5-7-12(14-4)15-10;1-9-8-4-2-3-6(10-8)7-5-11-7;1-3-7-5-4-6-8(9-2)10-7;1-8-6-4-2-3-5(7)9-6;1-4(2,3)5;;;/h3*5-7,11,16H,8-9H2,1-3H3;2-4,7H,5H2;3-6H,1H2;2-4H;5H2,1-3H3;3*1H4/t2*11-;;;;;;;;/m10......../s1. The molecule has 0 aliphatic carbocycles. The zero-order valence-electron chi connectivity index (χ0n) is 50.0. The van der Waals surface area contributed by atoms with Gasteiger partial charge in [0, 0.05) is 5.54 Å². The molecule has 1 saturated heterocycles. The first-order valence-electron chi connectivity index (χ1n) is 26.7. The monoisotopic (exact) mass is 1190 g/mol. The molecule has 1 aliphatic rings. The molecule has 7 rings (SSSR count). The van der Waals surface area contributed by atoms with Gasteiger partial charge in [-0.05, 0) is 166 Å². The molecule has 0 spiro atoms. The van der Waals surface area contributed by atoms with Crippen molar-refractivity contribution in [2.75, 3.05) is 6.61 Å². The minimum Gasteiger partial charge on any atom is -0.385 e. The molecule has 2 unspecified atom stereocenters. The third-order valence-electron chi connectivity index (χ3n) is 10.6. The maximum atomic E-state index is 9.94. The highest BCUT2D eigenvalue weighted by molar-refractivity contribution is 6.29. The minimum absolute atomic E-state index is 0. The Morgan fingerprint density at radius 3 is 1.02 bits per heavy atom. The zero-order valence-corrected chi connectivity index (χ0v) is 50.8. The average Bonchev–Trinajstić information content (AvgIpc) is 4.40. The molecule has 0 amide bonds. The normalized spacial score (nSPS) is 12.6. The van der Waals surface area contributed by atoms with Gasteiger partial charge < -0.3 is 54.9 Å². The number of hydrogen-bond acceptors (Lipinski definition) is 11. The quantitative estimate of drug-likeness (QED) is 0.0546. The third-order valence-corrected chi connectivity index (χ3v) is 10.8. The lowest BCUT2D eigenvalue weighted by Crippen LogP contribution is -2.26. The van der Waals surface area contributed by atoms with Gasteiger partial charge in [-0.15, -0.1) is 29.9 Å². The summed E-state index contributed by atoms with van der Waals surface area (Å²) < 4.78 is 5.03. The lowest BCUT2D eigenvalue weighted by atomic mass is 9.89. The minimum atomic E-state index is -0.569. The second-order valence-electron chi connectivity index (χ2n) is 23.3. The van der Waals surface area contributed by atoms with Gasteiger partial charge >= 0.3 is 0 Å². The topological polar surface area (TPSA) is 203 Å². The van der Waals surface area contributed by atoms with Gasteiger partial charge in [-0.25, -0.2) is 0 Å². The Kier molecular flexibility index (Phi) is 39.7. The first-order chi connectivity index (χ1) is 38.9. The van der Waals surface area contributed by atoms with Crippen LogP contribution in [0, 0.1) is 55.7 Å². The summed E-state index contributed by atoms with van der Waals surface area (Å²) in [7, 11) is 0. The molecular weight excluding hydrogens is 1100 g/mol. The fraction of sp³-hybridized carbons (Fsp3) is 0.441. The Labute approximate surface area is 520 Å². The number of ether oxygens (including phenoxy) is 1. The Morgan fingerprint density at radius 2 is 0.756 bits per heavy atom. The largest absolute Gasteiger partial charge is 0.385 e. The molecule has 5 N–H and O–H groups in total. The molecule has 0 aromatic carbocycles. The number of epoxide rings is 1. The fourth-order valence-corrected chi connectivity index (χ4v) is 6.35. The van der Waals surface area contributed by atoms with Crippen LogP contribution in [0.5, 0.6) is 0 Å². The van der Waals surface area contributed by atoms with Gasteiger partial charge in [0.1, 0.15) is 24.4 Å². The molecule has 0 saturated carbocycles. The molecule has 17 nitrogen and oxygen atoms in total. The first kappa shape index (κ1) is 81.9. The molecule has 7 heterocycles. The van der Waals surface area contributed by atoms with Gasteiger partial charge in [0.05, 0.1) is 6.61 Å². The van der Waals surface area contributed by atoms with Crippen molar-refractivity contribution in [2.24, 2.45) is 22.0 Å². The Bertz CT molecular complexity index is 3000. The number of aliphatic hydroxyl groups excluding tert-OH is 3. The van der Waals surface area contributed by atoms with Crippen LogP contribution in [0.15, 0.2) is 116 Å². The molecule has 0 radical (unpaired) electrons. The number of nitrogens with two attached hydrogens (primary N) is 1. The van der Waals surface area contributed by atoms with E-state index in [1.807, 2.05) is 39.0 Å². The predicted molar refractivity (Wildman–Crippen MR) is 352 cm³/mol. The summed E-state index contributed by atoms with van der Waals surface area (Å²) >= 11 is 5.47. The van der Waals surface area contributed by atoms with Gasteiger partial charge in [0.15, 0.2) is 28.5 Å². The van der Waals surface area contributed by atoms with E-state index in [-0.39, 0.29) is 50.2 Å². The van der Waals surface area contributed by atoms with E-state index in [0.717, 1.165) is 37.3 Å². The van der Waals surface area contributed by atoms with Crippen LogP contribution < -0.4 is 5.73 Å². The van der Waals surface area contributed by atoms with E-state index in [4.69, 9.17) is 61.5 Å². The van der Waals surface area contributed by atoms with Crippen molar-refractivity contribution in [3.05, 3.63) is 218 Å². The van der Waals surface area contributed by atoms with Crippen molar-refractivity contribution in [3.63, 3.8) is 0 Å². The molecule has 0 bridgehead atoms. The molecule has 86 heavy (non-hydrogen) atoms. The highest BCUT2D eigenvalue weighted by atomic mass is 35.5.